The van der Waals surface area contributed by atoms with Crippen molar-refractivity contribution in [3.05, 3.63) is 117 Å². The maximum atomic E-state index is 2.51. The molecule has 1 aliphatic carbocycles. The number of rotatable bonds is 5. The van der Waals surface area contributed by atoms with Crippen molar-refractivity contribution >= 4 is 20.3 Å². The van der Waals surface area contributed by atoms with Crippen LogP contribution in [0.2, 0.25) is 0 Å². The molecule has 1 heteroatoms. The average molecular weight is 521 g/mol. The molecular weight excluding hydrogens is 472 g/mol. The number of allylic oxidation sites excluding steroid dienone is 4. The van der Waals surface area contributed by atoms with Crippen molar-refractivity contribution in [2.24, 2.45) is 5.92 Å². The molecule has 0 bridgehead atoms. The Morgan fingerprint density at radius 2 is 1.16 bits per heavy atom. The molecule has 2 unspecified atom stereocenters. The van der Waals surface area contributed by atoms with Crippen molar-refractivity contribution in [3.8, 4) is 0 Å². The minimum Gasteiger partial charge on any atom is -0.0663 e. The van der Waals surface area contributed by atoms with Crippen LogP contribution in [0.25, 0.3) is 5.57 Å². The van der Waals surface area contributed by atoms with Crippen LogP contribution >= 0.6 is 0 Å². The van der Waals surface area contributed by atoms with Crippen LogP contribution in [-0.2, 0) is 10.8 Å². The Labute approximate surface area is 235 Å². The molecule has 0 fully saturated rings. The van der Waals surface area contributed by atoms with Gasteiger partial charge in [0.2, 0.25) is 0 Å². The summed E-state index contributed by atoms with van der Waals surface area (Å²) in [6.45, 7) is 25.7. The van der Waals surface area contributed by atoms with Gasteiger partial charge in [-0.1, -0.05) is 130 Å². The molecule has 0 N–H and O–H groups in total. The third-order valence-electron chi connectivity index (χ3n) is 8.68. The van der Waals surface area contributed by atoms with Crippen molar-refractivity contribution < 1.29 is 0 Å². The predicted molar refractivity (Wildman–Crippen MR) is 172 cm³/mol. The zero-order valence-corrected chi connectivity index (χ0v) is 27.1. The van der Waals surface area contributed by atoms with E-state index in [1.54, 1.807) is 16.3 Å². The van der Waals surface area contributed by atoms with Crippen molar-refractivity contribution in [2.45, 2.75) is 92.5 Å². The van der Waals surface area contributed by atoms with Crippen LogP contribution in [0.4, 0.5) is 0 Å². The summed E-state index contributed by atoms with van der Waals surface area (Å²) in [5, 5.41) is 1.55. The van der Waals surface area contributed by atoms with Gasteiger partial charge in [-0.05, 0) is 90.0 Å². The van der Waals surface area contributed by atoms with Crippen LogP contribution in [0.5, 0.6) is 0 Å². The molecule has 38 heavy (non-hydrogen) atoms. The summed E-state index contributed by atoms with van der Waals surface area (Å²) in [6, 6.07) is 26.0. The topological polar surface area (TPSA) is 0 Å². The summed E-state index contributed by atoms with van der Waals surface area (Å²) in [6.07, 6.45) is 0. The summed E-state index contributed by atoms with van der Waals surface area (Å²) in [4.78, 5) is 0. The third kappa shape index (κ3) is 5.84. The maximum Gasteiger partial charge on any atom is 0.0636 e. The van der Waals surface area contributed by atoms with Crippen molar-refractivity contribution in [3.63, 3.8) is 0 Å². The molecule has 0 aromatic heterocycles. The monoisotopic (exact) mass is 520 g/mol. The second-order valence-electron chi connectivity index (χ2n) is 13.8. The van der Waals surface area contributed by atoms with Gasteiger partial charge < -0.3 is 0 Å². The first-order valence-corrected chi connectivity index (χ1v) is 15.9. The number of benzene rings is 3. The molecule has 0 nitrogen and oxygen atoms in total. The van der Waals surface area contributed by atoms with Crippen molar-refractivity contribution in [2.75, 3.05) is 0 Å². The highest BCUT2D eigenvalue weighted by Crippen LogP contribution is 2.50. The van der Waals surface area contributed by atoms with E-state index in [1.807, 2.05) is 0 Å². The summed E-state index contributed by atoms with van der Waals surface area (Å²) in [5.41, 5.74) is 15.4. The second kappa shape index (κ2) is 10.5. The Hall–Kier alpha value is -2.64. The maximum absolute atomic E-state index is 2.51. The molecule has 0 spiro atoms. The van der Waals surface area contributed by atoms with Crippen LogP contribution in [-0.4, -0.2) is 9.52 Å². The van der Waals surface area contributed by atoms with Gasteiger partial charge in [0.25, 0.3) is 0 Å². The Bertz CT molecular complexity index is 1330. The lowest BCUT2D eigenvalue weighted by Gasteiger charge is -2.32. The summed E-state index contributed by atoms with van der Waals surface area (Å²) in [7, 11) is -0.613. The number of hydrogen-bond donors (Lipinski definition) is 0. The molecule has 1 aliphatic rings. The smallest absolute Gasteiger partial charge is 0.0636 e. The van der Waals surface area contributed by atoms with E-state index in [4.69, 9.17) is 0 Å². The van der Waals surface area contributed by atoms with E-state index in [-0.39, 0.29) is 10.8 Å². The van der Waals surface area contributed by atoms with Crippen molar-refractivity contribution in [1.29, 1.82) is 0 Å². The van der Waals surface area contributed by atoms with Gasteiger partial charge in [0, 0.05) is 5.92 Å². The minimum absolute atomic E-state index is 0.0991. The highest BCUT2D eigenvalue weighted by Gasteiger charge is 2.36. The normalized spacial score (nSPS) is 17.7. The van der Waals surface area contributed by atoms with E-state index in [0.29, 0.717) is 11.5 Å². The molecule has 2 atom stereocenters. The SMILES string of the molecule is CC1=C(C)C(C([SiH2]c2ccccc2)c2cc(C)cc(C)c2)C(c2cc(C(C)(C)C)cc(C(C)(C)C)c2)=C1C. The fraction of sp³-hybridized carbons (Fsp3) is 0.405. The Morgan fingerprint density at radius 3 is 1.66 bits per heavy atom. The van der Waals surface area contributed by atoms with Crippen LogP contribution in [0.3, 0.4) is 0 Å². The van der Waals surface area contributed by atoms with Gasteiger partial charge in [0.15, 0.2) is 0 Å². The first kappa shape index (κ1) is 28.4. The zero-order valence-electron chi connectivity index (χ0n) is 25.7. The van der Waals surface area contributed by atoms with E-state index in [2.05, 4.69) is 143 Å². The molecule has 0 radical (unpaired) electrons. The largest absolute Gasteiger partial charge is 0.0663 e. The van der Waals surface area contributed by atoms with E-state index >= 15 is 0 Å². The van der Waals surface area contributed by atoms with Crippen LogP contribution in [0.1, 0.15) is 101 Å². The van der Waals surface area contributed by atoms with Gasteiger partial charge in [0.05, 0.1) is 9.52 Å². The summed E-state index contributed by atoms with van der Waals surface area (Å²) >= 11 is 0. The highest BCUT2D eigenvalue weighted by atomic mass is 28.2. The second-order valence-corrected chi connectivity index (χ2v) is 15.9. The first-order chi connectivity index (χ1) is 17.7. The lowest BCUT2D eigenvalue weighted by Crippen LogP contribution is -2.29. The fourth-order valence-corrected chi connectivity index (χ4v) is 8.60. The fourth-order valence-electron chi connectivity index (χ4n) is 6.25. The van der Waals surface area contributed by atoms with Crippen molar-refractivity contribution in [1.82, 2.24) is 0 Å². The average Bonchev–Trinajstić information content (AvgIpc) is 3.05. The molecular formula is C37H48Si. The first-order valence-electron chi connectivity index (χ1n) is 14.3. The third-order valence-corrected chi connectivity index (χ3v) is 11.0. The van der Waals surface area contributed by atoms with Gasteiger partial charge in [-0.15, -0.1) is 0 Å². The molecule has 3 aromatic rings. The molecule has 200 valence electrons. The predicted octanol–water partition coefficient (Wildman–Crippen LogP) is 8.87. The molecule has 0 aliphatic heterocycles. The Morgan fingerprint density at radius 1 is 0.632 bits per heavy atom. The van der Waals surface area contributed by atoms with E-state index in [9.17, 15) is 0 Å². The van der Waals surface area contributed by atoms with E-state index < -0.39 is 9.52 Å². The van der Waals surface area contributed by atoms with Gasteiger partial charge in [-0.2, -0.15) is 0 Å². The molecule has 0 heterocycles. The molecule has 4 rings (SSSR count). The van der Waals surface area contributed by atoms with E-state index in [1.165, 1.54) is 44.5 Å². The molecule has 0 amide bonds. The van der Waals surface area contributed by atoms with E-state index in [0.717, 1.165) is 0 Å². The quantitative estimate of drug-likeness (QED) is 0.295. The van der Waals surface area contributed by atoms with Gasteiger partial charge in [0.1, 0.15) is 0 Å². The Kier molecular flexibility index (Phi) is 7.83. The van der Waals surface area contributed by atoms with Crippen LogP contribution in [0.15, 0.2) is 83.4 Å². The summed E-state index contributed by atoms with van der Waals surface area (Å²) in [5.74, 6) is 0.408. The minimum atomic E-state index is -0.613. The Balaban J connectivity index is 1.96. The number of hydrogen-bond acceptors (Lipinski definition) is 0. The van der Waals surface area contributed by atoms with Crippen LogP contribution < -0.4 is 5.19 Å². The van der Waals surface area contributed by atoms with Crippen LogP contribution in [0, 0.1) is 19.8 Å². The highest BCUT2D eigenvalue weighted by molar-refractivity contribution is 6.55. The summed E-state index contributed by atoms with van der Waals surface area (Å²) < 4.78 is 0. The molecule has 3 aromatic carbocycles. The van der Waals surface area contributed by atoms with Gasteiger partial charge >= 0.3 is 0 Å². The standard InChI is InChI=1S/C37H48Si/c1-23-17-24(2)19-29(18-23)35(38-32-15-13-12-14-16-32)34-27(5)25(3)26(4)33(34)28-20-30(36(6,7)8)22-31(21-28)37(9,10)11/h12-22,34-35H,38H2,1-11H3. The lowest BCUT2D eigenvalue weighted by molar-refractivity contribution is 0.568. The molecule has 0 saturated carbocycles. The lowest BCUT2D eigenvalue weighted by atomic mass is 9.76. The van der Waals surface area contributed by atoms with Gasteiger partial charge in [-0.25, -0.2) is 0 Å². The molecule has 0 saturated heterocycles. The zero-order chi connectivity index (χ0) is 28.0. The number of aryl methyl sites for hydroxylation is 2. The van der Waals surface area contributed by atoms with Gasteiger partial charge in [-0.3, -0.25) is 0 Å².